The van der Waals surface area contributed by atoms with Crippen molar-refractivity contribution in [3.05, 3.63) is 53.9 Å². The quantitative estimate of drug-likeness (QED) is 0.602. The molecule has 0 saturated carbocycles. The van der Waals surface area contributed by atoms with E-state index < -0.39 is 11.8 Å². The topological polar surface area (TPSA) is 110 Å². The highest BCUT2D eigenvalue weighted by atomic mass is 16.2. The molecule has 9 nitrogen and oxygen atoms in total. The fourth-order valence-electron chi connectivity index (χ4n) is 3.66. The lowest BCUT2D eigenvalue weighted by atomic mass is 10.2. The van der Waals surface area contributed by atoms with Crippen molar-refractivity contribution in [3.63, 3.8) is 0 Å². The van der Waals surface area contributed by atoms with Crippen LogP contribution in [0, 0.1) is 0 Å². The summed E-state index contributed by atoms with van der Waals surface area (Å²) in [7, 11) is 0. The summed E-state index contributed by atoms with van der Waals surface area (Å²) in [5, 5.41) is 2.88. The van der Waals surface area contributed by atoms with Crippen LogP contribution in [0.4, 0.5) is 0 Å². The van der Waals surface area contributed by atoms with Gasteiger partial charge in [0.2, 0.25) is 5.91 Å². The molecule has 154 valence electrons. The molecule has 3 heterocycles. The fraction of sp³-hybridized carbons (Fsp3) is 0.333. The molecule has 30 heavy (non-hydrogen) atoms. The maximum atomic E-state index is 12.3. The van der Waals surface area contributed by atoms with E-state index in [9.17, 15) is 14.4 Å². The van der Waals surface area contributed by atoms with Gasteiger partial charge in [-0.25, -0.2) is 15.0 Å². The van der Waals surface area contributed by atoms with Crippen LogP contribution in [0.25, 0.3) is 11.0 Å². The SMILES string of the molecule is CC(C)n1c(CNC(=O)CCCN2C(=O)c3nccnc3C2=O)nc2ccccc21. The van der Waals surface area contributed by atoms with Crippen molar-refractivity contribution < 1.29 is 14.4 Å². The van der Waals surface area contributed by atoms with Crippen LogP contribution in [0.2, 0.25) is 0 Å². The Morgan fingerprint density at radius 2 is 1.73 bits per heavy atom. The summed E-state index contributed by atoms with van der Waals surface area (Å²) in [6.07, 6.45) is 3.31. The van der Waals surface area contributed by atoms with Crippen LogP contribution < -0.4 is 5.32 Å². The van der Waals surface area contributed by atoms with Crippen LogP contribution in [0.5, 0.6) is 0 Å². The van der Waals surface area contributed by atoms with Crippen molar-refractivity contribution in [2.24, 2.45) is 0 Å². The van der Waals surface area contributed by atoms with E-state index in [0.29, 0.717) is 13.0 Å². The van der Waals surface area contributed by atoms with E-state index in [4.69, 9.17) is 0 Å². The number of amides is 3. The molecule has 0 bridgehead atoms. The summed E-state index contributed by atoms with van der Waals surface area (Å²) in [5.41, 5.74) is 2.06. The highest BCUT2D eigenvalue weighted by Gasteiger charge is 2.37. The number of carbonyl (C=O) groups is 3. The van der Waals surface area contributed by atoms with E-state index in [1.54, 1.807) is 0 Å². The molecular weight excluding hydrogens is 384 g/mol. The number of nitrogens with one attached hydrogen (secondary N) is 1. The van der Waals surface area contributed by atoms with Gasteiger partial charge in [-0.1, -0.05) is 12.1 Å². The van der Waals surface area contributed by atoms with Gasteiger partial charge in [0, 0.05) is 31.4 Å². The number of benzene rings is 1. The van der Waals surface area contributed by atoms with Crippen molar-refractivity contribution in [2.75, 3.05) is 6.54 Å². The summed E-state index contributed by atoms with van der Waals surface area (Å²) in [5.74, 6) is -0.300. The first-order valence-corrected chi connectivity index (χ1v) is 9.87. The first kappa shape index (κ1) is 19.7. The van der Waals surface area contributed by atoms with E-state index >= 15 is 0 Å². The molecule has 0 fully saturated rings. The van der Waals surface area contributed by atoms with E-state index in [-0.39, 0.29) is 36.3 Å². The van der Waals surface area contributed by atoms with Crippen LogP contribution in [-0.2, 0) is 11.3 Å². The van der Waals surface area contributed by atoms with E-state index in [1.807, 2.05) is 24.3 Å². The monoisotopic (exact) mass is 406 g/mol. The first-order valence-electron chi connectivity index (χ1n) is 9.87. The number of nitrogens with zero attached hydrogens (tertiary/aromatic N) is 5. The van der Waals surface area contributed by atoms with Crippen LogP contribution in [0.15, 0.2) is 36.7 Å². The molecular formula is C21H22N6O3. The number of aromatic nitrogens is 4. The van der Waals surface area contributed by atoms with E-state index in [2.05, 4.69) is 38.7 Å². The average molecular weight is 406 g/mol. The van der Waals surface area contributed by atoms with Crippen molar-refractivity contribution in [1.82, 2.24) is 29.7 Å². The number of imidazole rings is 1. The van der Waals surface area contributed by atoms with Gasteiger partial charge in [0.05, 0.1) is 17.6 Å². The third kappa shape index (κ3) is 3.54. The minimum absolute atomic E-state index is 0.0690. The van der Waals surface area contributed by atoms with Crippen molar-refractivity contribution in [2.45, 2.75) is 39.3 Å². The standard InChI is InChI=1S/C21H22N6O3/c1-13(2)27-15-7-4-3-6-14(15)25-16(27)12-24-17(28)8-5-11-26-20(29)18-19(21(26)30)23-10-9-22-18/h3-4,6-7,9-10,13H,5,8,11-12H2,1-2H3,(H,24,28). The summed E-state index contributed by atoms with van der Waals surface area (Å²) in [4.78, 5) is 50.4. The molecule has 3 amide bonds. The van der Waals surface area contributed by atoms with Crippen LogP contribution in [-0.4, -0.2) is 48.7 Å². The molecule has 1 aliphatic heterocycles. The number of imide groups is 1. The van der Waals surface area contributed by atoms with E-state index in [1.165, 1.54) is 12.4 Å². The molecule has 0 aliphatic carbocycles. The zero-order valence-electron chi connectivity index (χ0n) is 16.8. The Morgan fingerprint density at radius 1 is 1.07 bits per heavy atom. The molecule has 0 radical (unpaired) electrons. The number of hydrogen-bond acceptors (Lipinski definition) is 6. The molecule has 1 N–H and O–H groups in total. The normalized spacial score (nSPS) is 13.4. The van der Waals surface area contributed by atoms with Crippen molar-refractivity contribution in [1.29, 1.82) is 0 Å². The molecule has 0 unspecified atom stereocenters. The molecule has 4 rings (SSSR count). The third-order valence-corrected chi connectivity index (χ3v) is 5.01. The van der Waals surface area contributed by atoms with E-state index in [0.717, 1.165) is 21.8 Å². The molecule has 1 aromatic carbocycles. The lowest BCUT2D eigenvalue weighted by Crippen LogP contribution is -2.32. The highest BCUT2D eigenvalue weighted by Crippen LogP contribution is 2.21. The van der Waals surface area contributed by atoms with Gasteiger partial charge in [0.15, 0.2) is 11.4 Å². The Bertz CT molecular complexity index is 1100. The van der Waals surface area contributed by atoms with Gasteiger partial charge in [-0.05, 0) is 32.4 Å². The van der Waals surface area contributed by atoms with Gasteiger partial charge in [-0.3, -0.25) is 19.3 Å². The number of hydrogen-bond donors (Lipinski definition) is 1. The predicted molar refractivity (Wildman–Crippen MR) is 109 cm³/mol. The second-order valence-corrected chi connectivity index (χ2v) is 7.38. The predicted octanol–water partition coefficient (Wildman–Crippen LogP) is 2.10. The lowest BCUT2D eigenvalue weighted by molar-refractivity contribution is -0.121. The Labute approximate surface area is 173 Å². The van der Waals surface area contributed by atoms with Gasteiger partial charge in [-0.15, -0.1) is 0 Å². The summed E-state index contributed by atoms with van der Waals surface area (Å²) in [6.45, 7) is 4.61. The number of para-hydroxylation sites is 2. The Kier molecular flexibility index (Phi) is 5.26. The summed E-state index contributed by atoms with van der Waals surface area (Å²) >= 11 is 0. The van der Waals surface area contributed by atoms with Gasteiger partial charge in [0.1, 0.15) is 5.82 Å². The minimum atomic E-state index is -0.464. The fourth-order valence-corrected chi connectivity index (χ4v) is 3.66. The third-order valence-electron chi connectivity index (χ3n) is 5.01. The maximum absolute atomic E-state index is 12.3. The number of carbonyl (C=O) groups excluding carboxylic acids is 3. The molecule has 1 aliphatic rings. The Morgan fingerprint density at radius 3 is 2.40 bits per heavy atom. The summed E-state index contributed by atoms with van der Waals surface area (Å²) in [6, 6.07) is 8.08. The first-order chi connectivity index (χ1) is 14.5. The maximum Gasteiger partial charge on any atom is 0.281 e. The summed E-state index contributed by atoms with van der Waals surface area (Å²) < 4.78 is 2.11. The molecule has 0 atom stereocenters. The highest BCUT2D eigenvalue weighted by molar-refractivity contribution is 6.19. The zero-order valence-corrected chi connectivity index (χ0v) is 16.8. The van der Waals surface area contributed by atoms with Crippen LogP contribution in [0.1, 0.15) is 59.5 Å². The number of rotatable bonds is 7. The molecule has 0 saturated heterocycles. The Balaban J connectivity index is 1.32. The van der Waals surface area contributed by atoms with Crippen LogP contribution >= 0.6 is 0 Å². The van der Waals surface area contributed by atoms with Gasteiger partial charge >= 0.3 is 0 Å². The molecule has 9 heteroatoms. The van der Waals surface area contributed by atoms with Gasteiger partial charge < -0.3 is 9.88 Å². The lowest BCUT2D eigenvalue weighted by Gasteiger charge is -2.14. The average Bonchev–Trinajstić information content (AvgIpc) is 3.23. The second kappa shape index (κ2) is 8.02. The largest absolute Gasteiger partial charge is 0.349 e. The Hall–Kier alpha value is -3.62. The minimum Gasteiger partial charge on any atom is -0.349 e. The molecule has 2 aromatic heterocycles. The molecule has 0 spiro atoms. The number of fused-ring (bicyclic) bond motifs is 2. The molecule has 3 aromatic rings. The van der Waals surface area contributed by atoms with Crippen molar-refractivity contribution in [3.8, 4) is 0 Å². The second-order valence-electron chi connectivity index (χ2n) is 7.38. The van der Waals surface area contributed by atoms with Crippen LogP contribution in [0.3, 0.4) is 0 Å². The smallest absolute Gasteiger partial charge is 0.281 e. The van der Waals surface area contributed by atoms with Crippen molar-refractivity contribution >= 4 is 28.8 Å². The van der Waals surface area contributed by atoms with Gasteiger partial charge in [-0.2, -0.15) is 0 Å². The zero-order chi connectivity index (χ0) is 21.3. The van der Waals surface area contributed by atoms with Gasteiger partial charge in [0.25, 0.3) is 11.8 Å².